The molecule has 3 aromatic rings. The molecule has 1 aromatic heterocycles. The van der Waals surface area contributed by atoms with E-state index in [4.69, 9.17) is 5.73 Å². The Balaban J connectivity index is 0.000000205. The summed E-state index contributed by atoms with van der Waals surface area (Å²) in [5.41, 5.74) is 7.47. The van der Waals surface area contributed by atoms with Gasteiger partial charge in [-0.3, -0.25) is 0 Å². The molecule has 0 fully saturated rings. The average Bonchev–Trinajstić information content (AvgIpc) is 2.99. The molecule has 3 heteroatoms. The summed E-state index contributed by atoms with van der Waals surface area (Å²) in [6, 6.07) is 20.8. The molecule has 2 N–H and O–H groups in total. The molecule has 0 radical (unpaired) electrons. The number of nitrogen functional groups attached to an aromatic ring is 1. The molecule has 2 aromatic carbocycles. The molecular weight excluding hydrogens is 248 g/mol. The van der Waals surface area contributed by atoms with E-state index in [0.717, 1.165) is 0 Å². The zero-order valence-corrected chi connectivity index (χ0v) is 11.0. The van der Waals surface area contributed by atoms with E-state index in [9.17, 15) is 0 Å². The third-order valence-corrected chi connectivity index (χ3v) is 2.52. The first-order chi connectivity index (χ1) is 9.84. The Morgan fingerprint density at radius 3 is 1.60 bits per heavy atom. The van der Waals surface area contributed by atoms with Gasteiger partial charge in [0.05, 0.1) is 6.20 Å². The minimum atomic E-state index is 0.218. The van der Waals surface area contributed by atoms with Crippen molar-refractivity contribution >= 4 is 18.2 Å². The number of hydrogen-bond acceptors (Lipinski definition) is 3. The van der Waals surface area contributed by atoms with Crippen molar-refractivity contribution in [2.75, 3.05) is 5.73 Å². The molecule has 0 amide bonds. The molecule has 20 heavy (non-hydrogen) atoms. The Bertz CT molecular complexity index is 575. The summed E-state index contributed by atoms with van der Waals surface area (Å²) in [7, 11) is 0. The van der Waals surface area contributed by atoms with E-state index >= 15 is 0 Å². The SMILES string of the molecule is C(=Cc1ccccc1)c1ccccc1.Nc1ncco1. The molecular formula is C17H16N2O. The van der Waals surface area contributed by atoms with E-state index in [0.29, 0.717) is 0 Å². The van der Waals surface area contributed by atoms with Crippen molar-refractivity contribution in [1.29, 1.82) is 0 Å². The molecule has 0 aliphatic carbocycles. The van der Waals surface area contributed by atoms with E-state index in [1.807, 2.05) is 36.4 Å². The molecule has 1 heterocycles. The van der Waals surface area contributed by atoms with Gasteiger partial charge in [0, 0.05) is 0 Å². The normalized spacial score (nSPS) is 10.0. The number of anilines is 1. The summed E-state index contributed by atoms with van der Waals surface area (Å²) in [5, 5.41) is 0. The van der Waals surface area contributed by atoms with E-state index in [2.05, 4.69) is 45.8 Å². The quantitative estimate of drug-likeness (QED) is 0.708. The van der Waals surface area contributed by atoms with Crippen LogP contribution in [0.25, 0.3) is 12.2 Å². The molecule has 3 nitrogen and oxygen atoms in total. The summed E-state index contributed by atoms with van der Waals surface area (Å²) >= 11 is 0. The zero-order chi connectivity index (χ0) is 14.0. The topological polar surface area (TPSA) is 52.0 Å². The average molecular weight is 264 g/mol. The predicted molar refractivity (Wildman–Crippen MR) is 82.7 cm³/mol. The van der Waals surface area contributed by atoms with Crippen LogP contribution < -0.4 is 5.73 Å². The number of hydrogen-bond donors (Lipinski definition) is 1. The minimum absolute atomic E-state index is 0.218. The van der Waals surface area contributed by atoms with E-state index in [-0.39, 0.29) is 6.01 Å². The van der Waals surface area contributed by atoms with Crippen molar-refractivity contribution in [3.05, 3.63) is 84.3 Å². The molecule has 0 atom stereocenters. The fraction of sp³-hybridized carbons (Fsp3) is 0. The summed E-state index contributed by atoms with van der Waals surface area (Å²) in [6.07, 6.45) is 7.16. The van der Waals surface area contributed by atoms with Crippen LogP contribution >= 0.6 is 0 Å². The van der Waals surface area contributed by atoms with Crippen LogP contribution in [0.4, 0.5) is 6.01 Å². The van der Waals surface area contributed by atoms with Gasteiger partial charge in [-0.2, -0.15) is 0 Å². The first-order valence-electron chi connectivity index (χ1n) is 6.28. The van der Waals surface area contributed by atoms with Gasteiger partial charge in [0.2, 0.25) is 0 Å². The van der Waals surface area contributed by atoms with Gasteiger partial charge in [0.1, 0.15) is 6.26 Å². The van der Waals surface area contributed by atoms with Gasteiger partial charge in [0.15, 0.2) is 0 Å². The van der Waals surface area contributed by atoms with Crippen molar-refractivity contribution in [3.8, 4) is 0 Å². The third-order valence-electron chi connectivity index (χ3n) is 2.52. The number of oxazole rings is 1. The molecule has 0 saturated heterocycles. The molecule has 3 rings (SSSR count). The summed E-state index contributed by atoms with van der Waals surface area (Å²) in [4.78, 5) is 3.53. The number of benzene rings is 2. The molecule has 0 bridgehead atoms. The van der Waals surface area contributed by atoms with Crippen molar-refractivity contribution < 1.29 is 4.42 Å². The smallest absolute Gasteiger partial charge is 0.291 e. The summed E-state index contributed by atoms with van der Waals surface area (Å²) < 4.78 is 4.50. The van der Waals surface area contributed by atoms with Gasteiger partial charge in [-0.1, -0.05) is 72.8 Å². The second-order valence-electron chi connectivity index (χ2n) is 4.03. The second-order valence-corrected chi connectivity index (χ2v) is 4.03. The molecule has 0 unspecified atom stereocenters. The lowest BCUT2D eigenvalue weighted by atomic mass is 10.1. The van der Waals surface area contributed by atoms with Gasteiger partial charge in [-0.05, 0) is 11.1 Å². The fourth-order valence-corrected chi connectivity index (χ4v) is 1.56. The van der Waals surface area contributed by atoms with Gasteiger partial charge in [-0.15, -0.1) is 0 Å². The van der Waals surface area contributed by atoms with Gasteiger partial charge < -0.3 is 10.2 Å². The van der Waals surface area contributed by atoms with Crippen LogP contribution in [0.5, 0.6) is 0 Å². The first-order valence-corrected chi connectivity index (χ1v) is 6.28. The Morgan fingerprint density at radius 2 is 1.30 bits per heavy atom. The van der Waals surface area contributed by atoms with Gasteiger partial charge in [-0.25, -0.2) is 4.98 Å². The Labute approximate surface area is 118 Å². The minimum Gasteiger partial charge on any atom is -0.432 e. The monoisotopic (exact) mass is 264 g/mol. The molecule has 100 valence electrons. The lowest BCUT2D eigenvalue weighted by Gasteiger charge is -1.92. The number of nitrogens with zero attached hydrogens (tertiary/aromatic N) is 1. The first kappa shape index (κ1) is 13.6. The van der Waals surface area contributed by atoms with Gasteiger partial charge in [0.25, 0.3) is 6.01 Å². The second kappa shape index (κ2) is 7.59. The highest BCUT2D eigenvalue weighted by atomic mass is 16.3. The Morgan fingerprint density at radius 1 is 0.800 bits per heavy atom. The van der Waals surface area contributed by atoms with Gasteiger partial charge >= 0.3 is 0 Å². The highest BCUT2D eigenvalue weighted by Gasteiger charge is 1.84. The third kappa shape index (κ3) is 4.82. The van der Waals surface area contributed by atoms with E-state index in [1.54, 1.807) is 0 Å². The molecule has 0 spiro atoms. The number of rotatable bonds is 2. The maximum atomic E-state index is 5.00. The van der Waals surface area contributed by atoms with Crippen LogP contribution in [0.15, 0.2) is 77.5 Å². The summed E-state index contributed by atoms with van der Waals surface area (Å²) in [6.45, 7) is 0. The lowest BCUT2D eigenvalue weighted by molar-refractivity contribution is 0.580. The van der Waals surface area contributed by atoms with Crippen LogP contribution in [0, 0.1) is 0 Å². The lowest BCUT2D eigenvalue weighted by Crippen LogP contribution is -1.79. The molecule has 0 aliphatic rings. The molecule has 0 saturated carbocycles. The Hall–Kier alpha value is -2.81. The maximum Gasteiger partial charge on any atom is 0.291 e. The summed E-state index contributed by atoms with van der Waals surface area (Å²) in [5.74, 6) is 0. The highest BCUT2D eigenvalue weighted by Crippen LogP contribution is 2.06. The van der Waals surface area contributed by atoms with E-state index in [1.165, 1.54) is 23.6 Å². The van der Waals surface area contributed by atoms with Crippen molar-refractivity contribution in [1.82, 2.24) is 4.98 Å². The van der Waals surface area contributed by atoms with Crippen LogP contribution in [0.3, 0.4) is 0 Å². The van der Waals surface area contributed by atoms with E-state index < -0.39 is 0 Å². The van der Waals surface area contributed by atoms with Crippen molar-refractivity contribution in [2.24, 2.45) is 0 Å². The predicted octanol–water partition coefficient (Wildman–Crippen LogP) is 4.11. The van der Waals surface area contributed by atoms with Crippen molar-refractivity contribution in [3.63, 3.8) is 0 Å². The molecule has 0 aliphatic heterocycles. The van der Waals surface area contributed by atoms with Crippen molar-refractivity contribution in [2.45, 2.75) is 0 Å². The number of nitrogens with two attached hydrogens (primary N) is 1. The van der Waals surface area contributed by atoms with Crippen LogP contribution in [-0.4, -0.2) is 4.98 Å². The standard InChI is InChI=1S/C14H12.C3H4N2O/c1-3-7-13(8-4-1)11-12-14-9-5-2-6-10-14;4-3-5-1-2-6-3/h1-12H;1-2H,(H2,4,5). The highest BCUT2D eigenvalue weighted by molar-refractivity contribution is 5.69. The number of aromatic nitrogens is 1. The fourth-order valence-electron chi connectivity index (χ4n) is 1.56. The van der Waals surface area contributed by atoms with Crippen LogP contribution in [0.2, 0.25) is 0 Å². The maximum absolute atomic E-state index is 5.00. The van der Waals surface area contributed by atoms with Crippen LogP contribution in [-0.2, 0) is 0 Å². The largest absolute Gasteiger partial charge is 0.432 e. The van der Waals surface area contributed by atoms with Crippen LogP contribution in [0.1, 0.15) is 11.1 Å². The zero-order valence-electron chi connectivity index (χ0n) is 11.0. The Kier molecular flexibility index (Phi) is 5.17.